The molecule has 0 saturated heterocycles. The molecule has 4 aromatic rings. The molecule has 0 saturated carbocycles. The van der Waals surface area contributed by atoms with Gasteiger partial charge in [-0.3, -0.25) is 9.59 Å². The number of carboxylic acid groups (broad SMARTS) is 1. The number of fused-ring (bicyclic) bond motifs is 2. The Kier molecular flexibility index (Phi) is 4.64. The van der Waals surface area contributed by atoms with Gasteiger partial charge in [0.05, 0.1) is 16.8 Å². The van der Waals surface area contributed by atoms with Crippen LogP contribution >= 0.6 is 0 Å². The molecule has 1 aliphatic rings. The fourth-order valence-electron chi connectivity index (χ4n) is 4.14. The largest absolute Gasteiger partial charge is 0.478 e. The summed E-state index contributed by atoms with van der Waals surface area (Å²) < 4.78 is 0. The van der Waals surface area contributed by atoms with Crippen LogP contribution in [0.4, 0.5) is 17.1 Å². The van der Waals surface area contributed by atoms with Gasteiger partial charge in [-0.2, -0.15) is 0 Å². The summed E-state index contributed by atoms with van der Waals surface area (Å²) in [6, 6.07) is 27.9. The lowest BCUT2D eigenvalue weighted by atomic mass is 9.81. The number of carbonyl (C=O) groups excluding carboxylic acids is 2. The number of anilines is 3. The normalized spacial score (nSPS) is 12.1. The van der Waals surface area contributed by atoms with E-state index in [1.54, 1.807) is 29.2 Å². The van der Waals surface area contributed by atoms with E-state index in [1.807, 2.05) is 60.7 Å². The highest BCUT2D eigenvalue weighted by atomic mass is 16.4. The van der Waals surface area contributed by atoms with Gasteiger partial charge in [0.15, 0.2) is 11.6 Å². The molecule has 0 spiro atoms. The molecule has 5 rings (SSSR count). The van der Waals surface area contributed by atoms with Crippen LogP contribution in [0.2, 0.25) is 0 Å². The fraction of sp³-hybridized carbons (Fsp3) is 0. The summed E-state index contributed by atoms with van der Waals surface area (Å²) in [6.07, 6.45) is 0. The van der Waals surface area contributed by atoms with Crippen molar-refractivity contribution in [3.8, 4) is 0 Å². The third-order valence-corrected chi connectivity index (χ3v) is 5.55. The maximum absolute atomic E-state index is 13.6. The third kappa shape index (κ3) is 2.99. The number of hydrogen-bond acceptors (Lipinski definition) is 4. The predicted octanol–water partition coefficient (Wildman–Crippen LogP) is 5.63. The third-order valence-electron chi connectivity index (χ3n) is 5.55. The van der Waals surface area contributed by atoms with E-state index in [9.17, 15) is 19.5 Å². The van der Waals surface area contributed by atoms with Gasteiger partial charge in [-0.1, -0.05) is 60.7 Å². The lowest BCUT2D eigenvalue weighted by molar-refractivity contribution is 0.0697. The zero-order valence-corrected chi connectivity index (χ0v) is 16.9. The lowest BCUT2D eigenvalue weighted by Crippen LogP contribution is -2.26. The molecule has 154 valence electrons. The number of benzene rings is 4. The van der Waals surface area contributed by atoms with E-state index in [2.05, 4.69) is 0 Å². The van der Waals surface area contributed by atoms with Gasteiger partial charge in [0, 0.05) is 28.1 Å². The van der Waals surface area contributed by atoms with Crippen molar-refractivity contribution in [2.75, 3.05) is 4.90 Å². The Labute approximate surface area is 184 Å². The number of rotatable bonds is 4. The number of aromatic carboxylic acids is 1. The van der Waals surface area contributed by atoms with Crippen molar-refractivity contribution in [3.63, 3.8) is 0 Å². The van der Waals surface area contributed by atoms with E-state index in [1.165, 1.54) is 12.1 Å². The number of carbonyl (C=O) groups is 3. The van der Waals surface area contributed by atoms with Crippen LogP contribution in [-0.4, -0.2) is 22.6 Å². The van der Waals surface area contributed by atoms with E-state index < -0.39 is 5.97 Å². The Morgan fingerprint density at radius 3 is 1.62 bits per heavy atom. The molecule has 1 N–H and O–H groups in total. The monoisotopic (exact) mass is 419 g/mol. The van der Waals surface area contributed by atoms with Gasteiger partial charge in [-0.15, -0.1) is 0 Å². The minimum absolute atomic E-state index is 0.0583. The number of carboxylic acids is 1. The fourth-order valence-corrected chi connectivity index (χ4v) is 4.14. The van der Waals surface area contributed by atoms with E-state index in [0.29, 0.717) is 16.9 Å². The van der Waals surface area contributed by atoms with Gasteiger partial charge in [0.2, 0.25) is 0 Å². The topological polar surface area (TPSA) is 74.7 Å². The SMILES string of the molecule is O=C1c2ccccc2C(=O)c2c1ccc(C(=O)O)c2N(c1ccccc1)c1ccccc1. The number of ketones is 2. The van der Waals surface area contributed by atoms with Crippen LogP contribution in [-0.2, 0) is 0 Å². The zero-order chi connectivity index (χ0) is 22.2. The standard InChI is InChI=1S/C27H17NO4/c29-25-19-13-7-8-14-20(19)26(30)23-21(25)15-16-22(27(31)32)24(23)28(17-9-3-1-4-10-17)18-11-5-2-6-12-18/h1-16H,(H,31,32). The van der Waals surface area contributed by atoms with Crippen molar-refractivity contribution in [1.29, 1.82) is 0 Å². The summed E-state index contributed by atoms with van der Waals surface area (Å²) in [6.45, 7) is 0. The molecule has 0 amide bonds. The van der Waals surface area contributed by atoms with E-state index in [-0.39, 0.29) is 39.5 Å². The van der Waals surface area contributed by atoms with E-state index in [4.69, 9.17) is 0 Å². The lowest BCUT2D eigenvalue weighted by Gasteiger charge is -2.31. The average molecular weight is 419 g/mol. The summed E-state index contributed by atoms with van der Waals surface area (Å²) >= 11 is 0. The Hall–Kier alpha value is -4.51. The Morgan fingerprint density at radius 2 is 1.09 bits per heavy atom. The van der Waals surface area contributed by atoms with Gasteiger partial charge in [-0.05, 0) is 36.4 Å². The summed E-state index contributed by atoms with van der Waals surface area (Å²) in [7, 11) is 0. The van der Waals surface area contributed by atoms with E-state index in [0.717, 1.165) is 0 Å². The molecule has 1 aliphatic carbocycles. The summed E-state index contributed by atoms with van der Waals surface area (Å²) in [5.41, 5.74) is 2.37. The van der Waals surface area contributed by atoms with Gasteiger partial charge in [-0.25, -0.2) is 4.79 Å². The highest BCUT2D eigenvalue weighted by Gasteiger charge is 2.36. The molecule has 0 bridgehead atoms. The molecular formula is C27H17NO4. The molecule has 0 aliphatic heterocycles. The molecule has 32 heavy (non-hydrogen) atoms. The average Bonchev–Trinajstić information content (AvgIpc) is 2.83. The van der Waals surface area contributed by atoms with Crippen molar-refractivity contribution in [2.24, 2.45) is 0 Å². The maximum atomic E-state index is 13.6. The summed E-state index contributed by atoms with van der Waals surface area (Å²) in [5.74, 6) is -1.85. The first-order valence-corrected chi connectivity index (χ1v) is 10.1. The highest BCUT2D eigenvalue weighted by Crippen LogP contribution is 2.43. The minimum atomic E-state index is -1.18. The van der Waals surface area contributed by atoms with E-state index >= 15 is 0 Å². The van der Waals surface area contributed by atoms with Crippen molar-refractivity contribution in [2.45, 2.75) is 0 Å². The van der Waals surface area contributed by atoms with Crippen LogP contribution in [0.5, 0.6) is 0 Å². The highest BCUT2D eigenvalue weighted by molar-refractivity contribution is 6.31. The van der Waals surface area contributed by atoms with Crippen LogP contribution in [0.1, 0.15) is 42.2 Å². The van der Waals surface area contributed by atoms with Crippen molar-refractivity contribution < 1.29 is 19.5 Å². The van der Waals surface area contributed by atoms with Crippen LogP contribution in [0.25, 0.3) is 0 Å². The van der Waals surface area contributed by atoms with Crippen LogP contribution in [0.15, 0.2) is 97.1 Å². The molecule has 0 atom stereocenters. The first-order chi connectivity index (χ1) is 15.6. The smallest absolute Gasteiger partial charge is 0.337 e. The Balaban J connectivity index is 1.88. The first-order valence-electron chi connectivity index (χ1n) is 10.1. The molecular weight excluding hydrogens is 402 g/mol. The molecule has 0 fully saturated rings. The van der Waals surface area contributed by atoms with Gasteiger partial charge < -0.3 is 10.0 Å². The molecule has 0 aromatic heterocycles. The second-order valence-corrected chi connectivity index (χ2v) is 7.40. The van der Waals surface area contributed by atoms with Crippen molar-refractivity contribution in [1.82, 2.24) is 0 Å². The quantitative estimate of drug-likeness (QED) is 0.409. The number of para-hydroxylation sites is 2. The number of hydrogen-bond donors (Lipinski definition) is 1. The molecule has 4 aromatic carbocycles. The first kappa shape index (κ1) is 19.5. The summed E-state index contributed by atoms with van der Waals surface area (Å²) in [4.78, 5) is 40.9. The van der Waals surface area contributed by atoms with Crippen molar-refractivity contribution in [3.05, 3.63) is 125 Å². The molecule has 0 heterocycles. The molecule has 0 radical (unpaired) electrons. The van der Waals surface area contributed by atoms with Crippen LogP contribution in [0.3, 0.4) is 0 Å². The number of nitrogens with zero attached hydrogens (tertiary/aromatic N) is 1. The van der Waals surface area contributed by atoms with Gasteiger partial charge >= 0.3 is 5.97 Å². The molecule has 5 nitrogen and oxygen atoms in total. The van der Waals surface area contributed by atoms with Gasteiger partial charge in [0.1, 0.15) is 0 Å². The Bertz CT molecular complexity index is 1340. The second kappa shape index (κ2) is 7.63. The Morgan fingerprint density at radius 1 is 0.594 bits per heavy atom. The zero-order valence-electron chi connectivity index (χ0n) is 16.9. The van der Waals surface area contributed by atoms with Crippen LogP contribution in [0, 0.1) is 0 Å². The second-order valence-electron chi connectivity index (χ2n) is 7.40. The summed E-state index contributed by atoms with van der Waals surface area (Å²) in [5, 5.41) is 10.0. The minimum Gasteiger partial charge on any atom is -0.478 e. The molecule has 5 heteroatoms. The van der Waals surface area contributed by atoms with Gasteiger partial charge in [0.25, 0.3) is 0 Å². The van der Waals surface area contributed by atoms with Crippen molar-refractivity contribution >= 4 is 34.6 Å². The molecule has 0 unspecified atom stereocenters. The van der Waals surface area contributed by atoms with Crippen LogP contribution < -0.4 is 4.90 Å². The predicted molar refractivity (Wildman–Crippen MR) is 121 cm³/mol. The maximum Gasteiger partial charge on any atom is 0.337 e.